The fourth-order valence-electron chi connectivity index (χ4n) is 1.09. The number of hydrogen-bond acceptors (Lipinski definition) is 4. The molecule has 1 rings (SSSR count). The van der Waals surface area contributed by atoms with Gasteiger partial charge < -0.3 is 10.1 Å². The molecule has 17 heavy (non-hydrogen) atoms. The summed E-state index contributed by atoms with van der Waals surface area (Å²) in [6.07, 6.45) is 2.79. The molecule has 0 saturated carbocycles. The molecule has 0 radical (unpaired) electrons. The molecular formula is C11H16BrN3O2. The summed E-state index contributed by atoms with van der Waals surface area (Å²) in [5.41, 5.74) is -0.510. The first-order valence-electron chi connectivity index (χ1n) is 5.25. The number of ether oxygens (including phenoxy) is 1. The SMILES string of the molecule is C[C@H](NC(=O)OC(C)(C)C)c1ncc(Br)cn1. The van der Waals surface area contributed by atoms with Crippen molar-refractivity contribution >= 4 is 22.0 Å². The number of carbonyl (C=O) groups excluding carboxylic acids is 1. The number of nitrogens with zero attached hydrogens (tertiary/aromatic N) is 2. The topological polar surface area (TPSA) is 64.1 Å². The Morgan fingerprint density at radius 2 is 1.94 bits per heavy atom. The molecule has 0 bridgehead atoms. The highest BCUT2D eigenvalue weighted by atomic mass is 79.9. The van der Waals surface area contributed by atoms with E-state index in [0.29, 0.717) is 5.82 Å². The standard InChI is InChI=1S/C11H16BrN3O2/c1-7(9-13-5-8(12)6-14-9)15-10(16)17-11(2,3)4/h5-7H,1-4H3,(H,15,16)/t7-/m0/s1. The lowest BCUT2D eigenvalue weighted by Gasteiger charge is -2.21. The van der Waals surface area contributed by atoms with E-state index in [0.717, 1.165) is 4.47 Å². The summed E-state index contributed by atoms with van der Waals surface area (Å²) < 4.78 is 5.94. The Labute approximate surface area is 109 Å². The third-order valence-electron chi connectivity index (χ3n) is 1.76. The molecule has 1 heterocycles. The van der Waals surface area contributed by atoms with Crippen LogP contribution in [0.4, 0.5) is 4.79 Å². The van der Waals surface area contributed by atoms with Crippen LogP contribution in [0.2, 0.25) is 0 Å². The van der Waals surface area contributed by atoms with Gasteiger partial charge in [-0.05, 0) is 43.6 Å². The number of aromatic nitrogens is 2. The molecule has 0 saturated heterocycles. The molecule has 5 nitrogen and oxygen atoms in total. The number of carbonyl (C=O) groups is 1. The number of alkyl carbamates (subject to hydrolysis) is 1. The molecule has 1 aromatic rings. The highest BCUT2D eigenvalue weighted by molar-refractivity contribution is 9.10. The van der Waals surface area contributed by atoms with E-state index in [2.05, 4.69) is 31.2 Å². The maximum Gasteiger partial charge on any atom is 0.408 e. The van der Waals surface area contributed by atoms with Crippen LogP contribution in [0.1, 0.15) is 39.6 Å². The van der Waals surface area contributed by atoms with Crippen molar-refractivity contribution in [2.75, 3.05) is 0 Å². The van der Waals surface area contributed by atoms with Gasteiger partial charge in [-0.1, -0.05) is 0 Å². The minimum Gasteiger partial charge on any atom is -0.444 e. The summed E-state index contributed by atoms with van der Waals surface area (Å²) in [6.45, 7) is 7.24. The Balaban J connectivity index is 2.57. The molecule has 6 heteroatoms. The van der Waals surface area contributed by atoms with Crippen LogP contribution in [0.25, 0.3) is 0 Å². The van der Waals surface area contributed by atoms with Crippen LogP contribution in [-0.2, 0) is 4.74 Å². The molecule has 94 valence electrons. The second-order valence-corrected chi connectivity index (χ2v) is 5.54. The molecule has 1 amide bonds. The van der Waals surface area contributed by atoms with Gasteiger partial charge in [0.1, 0.15) is 11.4 Å². The molecule has 0 aliphatic carbocycles. The van der Waals surface area contributed by atoms with Gasteiger partial charge in [0.25, 0.3) is 0 Å². The van der Waals surface area contributed by atoms with Crippen molar-refractivity contribution in [3.8, 4) is 0 Å². The van der Waals surface area contributed by atoms with Crippen molar-refractivity contribution in [2.45, 2.75) is 39.3 Å². The molecular weight excluding hydrogens is 286 g/mol. The Hall–Kier alpha value is -1.17. The molecule has 0 spiro atoms. The quantitative estimate of drug-likeness (QED) is 0.912. The average molecular weight is 302 g/mol. The van der Waals surface area contributed by atoms with Crippen LogP contribution in [-0.4, -0.2) is 21.7 Å². The highest BCUT2D eigenvalue weighted by Gasteiger charge is 2.19. The Morgan fingerprint density at radius 1 is 1.41 bits per heavy atom. The van der Waals surface area contributed by atoms with E-state index in [1.54, 1.807) is 19.3 Å². The number of nitrogens with one attached hydrogen (secondary N) is 1. The van der Waals surface area contributed by atoms with Gasteiger partial charge in [0.15, 0.2) is 0 Å². The molecule has 0 aromatic carbocycles. The molecule has 1 N–H and O–H groups in total. The first-order valence-corrected chi connectivity index (χ1v) is 6.04. The van der Waals surface area contributed by atoms with Crippen LogP contribution in [0.3, 0.4) is 0 Å². The summed E-state index contributed by atoms with van der Waals surface area (Å²) >= 11 is 3.25. The van der Waals surface area contributed by atoms with Crippen molar-refractivity contribution in [1.82, 2.24) is 15.3 Å². The van der Waals surface area contributed by atoms with Gasteiger partial charge in [-0.3, -0.25) is 0 Å². The predicted molar refractivity (Wildman–Crippen MR) is 67.5 cm³/mol. The monoisotopic (exact) mass is 301 g/mol. The zero-order valence-electron chi connectivity index (χ0n) is 10.3. The summed E-state index contributed by atoms with van der Waals surface area (Å²) in [5, 5.41) is 2.67. The third-order valence-corrected chi connectivity index (χ3v) is 2.17. The van der Waals surface area contributed by atoms with Gasteiger partial charge in [0.2, 0.25) is 0 Å². The minimum absolute atomic E-state index is 0.294. The zero-order valence-corrected chi connectivity index (χ0v) is 11.9. The summed E-state index contributed by atoms with van der Waals surface area (Å²) in [5.74, 6) is 0.541. The zero-order chi connectivity index (χ0) is 13.1. The Kier molecular flexibility index (Phi) is 4.45. The molecule has 0 unspecified atom stereocenters. The molecule has 0 fully saturated rings. The first-order chi connectivity index (χ1) is 7.78. The highest BCUT2D eigenvalue weighted by Crippen LogP contribution is 2.12. The second-order valence-electron chi connectivity index (χ2n) is 4.63. The summed E-state index contributed by atoms with van der Waals surface area (Å²) in [4.78, 5) is 19.7. The lowest BCUT2D eigenvalue weighted by molar-refractivity contribution is 0.0506. The van der Waals surface area contributed by atoms with Crippen LogP contribution in [0.5, 0.6) is 0 Å². The smallest absolute Gasteiger partial charge is 0.408 e. The van der Waals surface area contributed by atoms with Gasteiger partial charge in [0, 0.05) is 12.4 Å². The average Bonchev–Trinajstić information content (AvgIpc) is 2.15. The third kappa shape index (κ3) is 5.12. The Morgan fingerprint density at radius 3 is 2.41 bits per heavy atom. The van der Waals surface area contributed by atoms with Crippen molar-refractivity contribution < 1.29 is 9.53 Å². The van der Waals surface area contributed by atoms with Crippen molar-refractivity contribution in [1.29, 1.82) is 0 Å². The van der Waals surface area contributed by atoms with E-state index in [1.165, 1.54) is 0 Å². The molecule has 1 aromatic heterocycles. The number of halogens is 1. The predicted octanol–water partition coefficient (Wildman–Crippen LogP) is 2.82. The fraction of sp³-hybridized carbons (Fsp3) is 0.545. The van der Waals surface area contributed by atoms with Crippen molar-refractivity contribution in [3.63, 3.8) is 0 Å². The largest absolute Gasteiger partial charge is 0.444 e. The Bertz CT molecular complexity index is 387. The van der Waals surface area contributed by atoms with Gasteiger partial charge in [-0.2, -0.15) is 0 Å². The minimum atomic E-state index is -0.510. The maximum absolute atomic E-state index is 11.5. The molecule has 0 aliphatic heterocycles. The normalized spacial score (nSPS) is 13.0. The fourth-order valence-corrected chi connectivity index (χ4v) is 1.30. The second kappa shape index (κ2) is 5.44. The number of rotatable bonds is 2. The van der Waals surface area contributed by atoms with E-state index < -0.39 is 11.7 Å². The van der Waals surface area contributed by atoms with Gasteiger partial charge in [-0.15, -0.1) is 0 Å². The van der Waals surface area contributed by atoms with Gasteiger partial charge in [0.05, 0.1) is 10.5 Å². The van der Waals surface area contributed by atoms with E-state index in [1.807, 2.05) is 20.8 Å². The molecule has 0 aliphatic rings. The maximum atomic E-state index is 11.5. The van der Waals surface area contributed by atoms with Crippen LogP contribution in [0.15, 0.2) is 16.9 Å². The van der Waals surface area contributed by atoms with Crippen LogP contribution >= 0.6 is 15.9 Å². The van der Waals surface area contributed by atoms with E-state index in [-0.39, 0.29) is 6.04 Å². The molecule has 1 atom stereocenters. The van der Waals surface area contributed by atoms with E-state index in [9.17, 15) is 4.79 Å². The van der Waals surface area contributed by atoms with Crippen molar-refractivity contribution in [3.05, 3.63) is 22.7 Å². The van der Waals surface area contributed by atoms with Crippen LogP contribution < -0.4 is 5.32 Å². The summed E-state index contributed by atoms with van der Waals surface area (Å²) in [7, 11) is 0. The summed E-state index contributed by atoms with van der Waals surface area (Å²) in [6, 6.07) is -0.294. The van der Waals surface area contributed by atoms with Crippen LogP contribution in [0, 0.1) is 0 Å². The van der Waals surface area contributed by atoms with Crippen molar-refractivity contribution in [2.24, 2.45) is 0 Å². The lowest BCUT2D eigenvalue weighted by atomic mass is 10.2. The van der Waals surface area contributed by atoms with E-state index in [4.69, 9.17) is 4.74 Å². The first kappa shape index (κ1) is 13.9. The van der Waals surface area contributed by atoms with Gasteiger partial charge >= 0.3 is 6.09 Å². The number of hydrogen-bond donors (Lipinski definition) is 1. The lowest BCUT2D eigenvalue weighted by Crippen LogP contribution is -2.34. The number of amides is 1. The van der Waals surface area contributed by atoms with Gasteiger partial charge in [-0.25, -0.2) is 14.8 Å². The van der Waals surface area contributed by atoms with E-state index >= 15 is 0 Å².